The SMILES string of the molecule is CCC(C)=O.Cc1[nH]c2ccc(-c3ccc4[nH]c(C)c(C)c4c3)cc2c1C.c1ccc(C(=NNc2ccc(-c3ccc(NN=C(c4ccccc4)c4ccccc4)cc3)cc2)c2ccccc2)cc1. The van der Waals surface area contributed by atoms with E-state index in [1.165, 1.54) is 55.4 Å². The third kappa shape index (κ3) is 11.7. The third-order valence-electron chi connectivity index (χ3n) is 12.3. The van der Waals surface area contributed by atoms with Crippen molar-refractivity contribution in [2.24, 2.45) is 10.2 Å². The van der Waals surface area contributed by atoms with E-state index in [0.717, 1.165) is 56.2 Å². The molecule has 0 fully saturated rings. The lowest BCUT2D eigenvalue weighted by Gasteiger charge is -2.10. The zero-order chi connectivity index (χ0) is 48.1. The number of aromatic amines is 2. The summed E-state index contributed by atoms with van der Waals surface area (Å²) >= 11 is 0. The fraction of sp³-hybridized carbons (Fsp3) is 0.113. The van der Waals surface area contributed by atoms with Crippen molar-refractivity contribution in [3.8, 4) is 22.3 Å². The Morgan fingerprint density at radius 2 is 0.710 bits per heavy atom. The maximum Gasteiger partial charge on any atom is 0.129 e. The van der Waals surface area contributed by atoms with Crippen molar-refractivity contribution < 1.29 is 4.79 Å². The molecular formula is C62H58N6O. The van der Waals surface area contributed by atoms with Gasteiger partial charge in [-0.1, -0.05) is 165 Å². The molecule has 2 heterocycles. The van der Waals surface area contributed by atoms with E-state index >= 15 is 0 Å². The van der Waals surface area contributed by atoms with E-state index in [4.69, 9.17) is 10.2 Å². The molecular weight excluding hydrogens is 845 g/mol. The van der Waals surface area contributed by atoms with E-state index in [2.05, 4.69) is 182 Å². The second kappa shape index (κ2) is 22.3. The van der Waals surface area contributed by atoms with Gasteiger partial charge in [0.1, 0.15) is 5.78 Å². The number of nitrogens with zero attached hydrogens (tertiary/aromatic N) is 2. The lowest BCUT2D eigenvalue weighted by Crippen LogP contribution is -2.06. The average molecular weight is 903 g/mol. The Hall–Kier alpha value is -8.55. The van der Waals surface area contributed by atoms with Crippen LogP contribution in [0.5, 0.6) is 0 Å². The molecule has 69 heavy (non-hydrogen) atoms. The molecule has 0 saturated carbocycles. The van der Waals surface area contributed by atoms with Crippen LogP contribution in [0.25, 0.3) is 44.1 Å². The minimum Gasteiger partial charge on any atom is -0.358 e. The number of rotatable bonds is 11. The van der Waals surface area contributed by atoms with Crippen LogP contribution in [-0.4, -0.2) is 27.2 Å². The lowest BCUT2D eigenvalue weighted by atomic mass is 10.0. The quantitative estimate of drug-likeness (QED) is 0.0769. The number of H-pyrrole nitrogens is 2. The molecule has 8 aromatic carbocycles. The van der Waals surface area contributed by atoms with Gasteiger partial charge in [0.05, 0.1) is 22.8 Å². The van der Waals surface area contributed by atoms with Gasteiger partial charge in [0.25, 0.3) is 0 Å². The molecule has 2 aromatic heterocycles. The van der Waals surface area contributed by atoms with Crippen molar-refractivity contribution in [1.82, 2.24) is 9.97 Å². The maximum absolute atomic E-state index is 9.81. The van der Waals surface area contributed by atoms with E-state index in [9.17, 15) is 4.79 Å². The third-order valence-corrected chi connectivity index (χ3v) is 12.3. The van der Waals surface area contributed by atoms with Crippen molar-refractivity contribution in [3.05, 3.63) is 251 Å². The molecule has 0 atom stereocenters. The number of Topliss-reactive ketones (excluding diaryl/α,β-unsaturated/α-hetero) is 1. The monoisotopic (exact) mass is 902 g/mol. The average Bonchev–Trinajstić information content (AvgIpc) is 3.86. The van der Waals surface area contributed by atoms with Gasteiger partial charge in [-0.3, -0.25) is 10.9 Å². The van der Waals surface area contributed by atoms with Crippen molar-refractivity contribution in [3.63, 3.8) is 0 Å². The fourth-order valence-electron chi connectivity index (χ4n) is 7.97. The Morgan fingerprint density at radius 3 is 1.00 bits per heavy atom. The summed E-state index contributed by atoms with van der Waals surface area (Å²) in [6.07, 6.45) is 0.667. The Morgan fingerprint density at radius 1 is 0.420 bits per heavy atom. The Balaban J connectivity index is 0.000000197. The molecule has 7 heteroatoms. The molecule has 10 rings (SSSR count). The second-order valence-corrected chi connectivity index (χ2v) is 17.1. The molecule has 0 radical (unpaired) electrons. The predicted molar refractivity (Wildman–Crippen MR) is 292 cm³/mol. The van der Waals surface area contributed by atoms with Gasteiger partial charge in [0.2, 0.25) is 0 Å². The van der Waals surface area contributed by atoms with E-state index in [1.54, 1.807) is 6.92 Å². The second-order valence-electron chi connectivity index (χ2n) is 17.1. The highest BCUT2D eigenvalue weighted by Crippen LogP contribution is 2.31. The lowest BCUT2D eigenvalue weighted by molar-refractivity contribution is -0.116. The summed E-state index contributed by atoms with van der Waals surface area (Å²) in [7, 11) is 0. The normalized spacial score (nSPS) is 10.6. The zero-order valence-corrected chi connectivity index (χ0v) is 40.1. The van der Waals surface area contributed by atoms with Crippen LogP contribution >= 0.6 is 0 Å². The van der Waals surface area contributed by atoms with E-state index in [1.807, 2.05) is 79.7 Å². The molecule has 0 aliphatic rings. The molecule has 4 N–H and O–H groups in total. The molecule has 7 nitrogen and oxygen atoms in total. The first-order valence-electron chi connectivity index (χ1n) is 23.4. The van der Waals surface area contributed by atoms with Crippen LogP contribution < -0.4 is 10.9 Å². The van der Waals surface area contributed by atoms with Gasteiger partial charge in [0, 0.05) is 61.9 Å². The van der Waals surface area contributed by atoms with Gasteiger partial charge in [-0.05, 0) is 117 Å². The number of hydrogen-bond donors (Lipinski definition) is 4. The van der Waals surface area contributed by atoms with Crippen molar-refractivity contribution in [2.75, 3.05) is 10.9 Å². The minimum atomic E-state index is 0.255. The number of benzene rings is 8. The van der Waals surface area contributed by atoms with Crippen LogP contribution in [0, 0.1) is 27.7 Å². The number of carbonyl (C=O) groups excluding carboxylic acids is 1. The molecule has 0 saturated heterocycles. The van der Waals surface area contributed by atoms with E-state index < -0.39 is 0 Å². The largest absolute Gasteiger partial charge is 0.358 e. The first kappa shape index (κ1) is 47.0. The number of ketones is 1. The summed E-state index contributed by atoms with van der Waals surface area (Å²) in [5, 5.41) is 12.2. The van der Waals surface area contributed by atoms with E-state index in [0.29, 0.717) is 6.42 Å². The van der Waals surface area contributed by atoms with Crippen molar-refractivity contribution in [2.45, 2.75) is 48.0 Å². The molecule has 342 valence electrons. The van der Waals surface area contributed by atoms with Crippen LogP contribution in [0.3, 0.4) is 0 Å². The van der Waals surface area contributed by atoms with Gasteiger partial charge in [-0.15, -0.1) is 0 Å². The fourth-order valence-corrected chi connectivity index (χ4v) is 7.97. The summed E-state index contributed by atoms with van der Waals surface area (Å²) < 4.78 is 0. The highest BCUT2D eigenvalue weighted by Gasteiger charge is 2.11. The van der Waals surface area contributed by atoms with Crippen molar-refractivity contribution in [1.29, 1.82) is 0 Å². The number of hydrogen-bond acceptors (Lipinski definition) is 5. The van der Waals surface area contributed by atoms with Gasteiger partial charge in [-0.2, -0.15) is 10.2 Å². The molecule has 0 amide bonds. The minimum absolute atomic E-state index is 0.255. The van der Waals surface area contributed by atoms with Crippen LogP contribution in [-0.2, 0) is 4.79 Å². The van der Waals surface area contributed by atoms with Crippen molar-refractivity contribution >= 4 is 50.4 Å². The highest BCUT2D eigenvalue weighted by atomic mass is 16.1. The number of fused-ring (bicyclic) bond motifs is 2. The molecule has 0 unspecified atom stereocenters. The molecule has 0 aliphatic heterocycles. The topological polar surface area (TPSA) is 97.4 Å². The van der Waals surface area contributed by atoms with Crippen LogP contribution in [0.15, 0.2) is 216 Å². The number of aryl methyl sites for hydroxylation is 4. The van der Waals surface area contributed by atoms with Crippen LogP contribution in [0.1, 0.15) is 65.0 Å². The first-order chi connectivity index (χ1) is 33.6. The Kier molecular flexibility index (Phi) is 15.2. The van der Waals surface area contributed by atoms with Crippen LogP contribution in [0.4, 0.5) is 11.4 Å². The first-order valence-corrected chi connectivity index (χ1v) is 23.4. The summed E-state index contributed by atoms with van der Waals surface area (Å²) in [5.74, 6) is 0.255. The summed E-state index contributed by atoms with van der Waals surface area (Å²) in [6.45, 7) is 12.1. The number of anilines is 2. The van der Waals surface area contributed by atoms with Gasteiger partial charge < -0.3 is 14.8 Å². The van der Waals surface area contributed by atoms with Gasteiger partial charge in [-0.25, -0.2) is 0 Å². The summed E-state index contributed by atoms with van der Waals surface area (Å²) in [5.41, 5.74) is 26.8. The summed E-state index contributed by atoms with van der Waals surface area (Å²) in [6, 6.07) is 70.9. The standard InChI is InChI=1S/C38H30N4.C20H20N2.C4H8O/c1-5-13-31(14-6-1)37(32-15-7-2-8-16-32)41-39-35-25-21-29(22-26-35)30-23-27-36(28-24-30)40-42-38(33-17-9-3-10-18-33)34-19-11-4-12-20-34;1-11-13(3)21-19-7-5-15(9-17(11)19)16-6-8-20-18(10-16)12(2)14(4)22-20;1-3-4(2)5/h1-28,39-40H;5-10,21-22H,1-4H3;3H2,1-2H3. The Bertz CT molecular complexity index is 3030. The van der Waals surface area contributed by atoms with Crippen LogP contribution in [0.2, 0.25) is 0 Å². The smallest absolute Gasteiger partial charge is 0.129 e. The number of carbonyl (C=O) groups is 1. The molecule has 0 spiro atoms. The van der Waals surface area contributed by atoms with Gasteiger partial charge in [0.15, 0.2) is 0 Å². The number of aromatic nitrogens is 2. The molecule has 0 aliphatic carbocycles. The summed E-state index contributed by atoms with van der Waals surface area (Å²) in [4.78, 5) is 16.7. The predicted octanol–water partition coefficient (Wildman–Crippen LogP) is 15.6. The molecule has 10 aromatic rings. The maximum atomic E-state index is 9.81. The highest BCUT2D eigenvalue weighted by molar-refractivity contribution is 6.13. The number of nitrogens with one attached hydrogen (secondary N) is 4. The number of hydrazone groups is 2. The van der Waals surface area contributed by atoms with E-state index in [-0.39, 0.29) is 5.78 Å². The Labute approximate surface area is 405 Å². The molecule has 0 bridgehead atoms. The zero-order valence-electron chi connectivity index (χ0n) is 40.1. The van der Waals surface area contributed by atoms with Gasteiger partial charge >= 0.3 is 0 Å².